The molecule has 1 aromatic rings. The molecule has 266 valence electrons. The number of aromatic nitrogens is 1. The van der Waals surface area contributed by atoms with Crippen LogP contribution in [0.25, 0.3) is 6.08 Å². The summed E-state index contributed by atoms with van der Waals surface area (Å²) in [5, 5.41) is 5.59. The van der Waals surface area contributed by atoms with Crippen LogP contribution in [0.2, 0.25) is 0 Å². The van der Waals surface area contributed by atoms with Gasteiger partial charge in [-0.1, -0.05) is 102 Å². The monoisotopic (exact) mass is 682 g/mol. The van der Waals surface area contributed by atoms with Crippen molar-refractivity contribution in [1.82, 2.24) is 9.88 Å². The molecule has 1 aliphatic heterocycles. The van der Waals surface area contributed by atoms with Crippen LogP contribution < -0.4 is 5.32 Å². The second-order valence-electron chi connectivity index (χ2n) is 13.4. The molecule has 2 nitrogen and oxygen atoms in total. The van der Waals surface area contributed by atoms with E-state index in [0.29, 0.717) is 24.0 Å². The molecule has 0 aromatic carbocycles. The van der Waals surface area contributed by atoms with Crippen molar-refractivity contribution in [3.05, 3.63) is 91.2 Å². The molecule has 2 aliphatic rings. The third-order valence-corrected chi connectivity index (χ3v) is 10.5. The molecule has 0 fully saturated rings. The van der Waals surface area contributed by atoms with E-state index in [0.717, 1.165) is 87.8 Å². The standard InChI is InChI=1S/C42H61F3N2S/c1-6-9-16-21-33(4)31-39(42(43,44)45)38-32-37-34(5)40(8-3)47(41(37)25-24-35(38)22-10-7-2)29-19-15-13-11-12-14-18-27-46-28-26-36-23-17-20-30-48-36/h17,21,23-25,30-31,46H,6-16,18-19,22,26-29,32H2,1-5H3/b33-21+,39-31+. The number of fused-ring (bicyclic) bond motifs is 1. The van der Waals surface area contributed by atoms with Crippen LogP contribution in [0, 0.1) is 6.92 Å². The van der Waals surface area contributed by atoms with Crippen LogP contribution in [-0.4, -0.2) is 23.8 Å². The maximum Gasteiger partial charge on any atom is 0.416 e. The number of halogens is 3. The van der Waals surface area contributed by atoms with Crippen LogP contribution in [0.4, 0.5) is 13.2 Å². The summed E-state index contributed by atoms with van der Waals surface area (Å²) in [6, 6.07) is 0. The van der Waals surface area contributed by atoms with Gasteiger partial charge in [-0.25, -0.2) is 0 Å². The molecule has 0 atom stereocenters. The van der Waals surface area contributed by atoms with Gasteiger partial charge < -0.3 is 9.88 Å². The lowest BCUT2D eigenvalue weighted by Gasteiger charge is -2.19. The predicted octanol–water partition coefficient (Wildman–Crippen LogP) is 13.1. The third kappa shape index (κ3) is 12.8. The highest BCUT2D eigenvalue weighted by Crippen LogP contribution is 2.41. The van der Waals surface area contributed by atoms with Gasteiger partial charge in [0, 0.05) is 29.8 Å². The lowest BCUT2D eigenvalue weighted by molar-refractivity contribution is -0.0896. The molecular weight excluding hydrogens is 622 g/mol. The van der Waals surface area contributed by atoms with Gasteiger partial charge in [0.05, 0.1) is 5.57 Å². The number of hydrogen-bond donors (Lipinski definition) is 1. The van der Waals surface area contributed by atoms with Crippen molar-refractivity contribution in [3.63, 3.8) is 0 Å². The third-order valence-electron chi connectivity index (χ3n) is 9.58. The van der Waals surface area contributed by atoms with Gasteiger partial charge in [0.2, 0.25) is 0 Å². The molecule has 1 N–H and O–H groups in total. The van der Waals surface area contributed by atoms with Crippen molar-refractivity contribution in [2.24, 2.45) is 0 Å². The number of unbranched alkanes of at least 4 members (excludes halogenated alkanes) is 9. The Kier molecular flexibility index (Phi) is 18.0. The van der Waals surface area contributed by atoms with E-state index < -0.39 is 11.7 Å². The Morgan fingerprint density at radius 3 is 2.33 bits per heavy atom. The zero-order chi connectivity index (χ0) is 34.8. The van der Waals surface area contributed by atoms with Crippen LogP contribution in [0.5, 0.6) is 0 Å². The summed E-state index contributed by atoms with van der Waals surface area (Å²) >= 11 is 1.77. The van der Waals surface area contributed by atoms with Gasteiger partial charge in [0.1, 0.15) is 0 Å². The largest absolute Gasteiger partial charge is 0.416 e. The molecule has 48 heavy (non-hydrogen) atoms. The summed E-state index contributed by atoms with van der Waals surface area (Å²) in [4.78, 5) is 1.40. The molecular formula is C42H61F3N2S. The lowest BCUT2D eigenvalue weighted by Crippen LogP contribution is -2.17. The molecule has 0 saturated carbocycles. The second-order valence-corrected chi connectivity index (χ2v) is 14.4. The number of nitrogens with one attached hydrogen (secondary N) is 1. The van der Waals surface area contributed by atoms with Crippen LogP contribution in [0.1, 0.15) is 140 Å². The Morgan fingerprint density at radius 1 is 0.938 bits per heavy atom. The van der Waals surface area contributed by atoms with Gasteiger partial charge >= 0.3 is 6.18 Å². The van der Waals surface area contributed by atoms with E-state index in [1.165, 1.54) is 60.8 Å². The lowest BCUT2D eigenvalue weighted by atomic mass is 9.89. The SMILES string of the molecule is CCCC/C=C(C)/C=C(\C1=C(CCCC)C=Cc2c(c(C)c(CC)n2CCCCCCCCCNCCC2=CC=C=CS2)C1)C(F)(F)F. The molecule has 6 heteroatoms. The molecule has 2 heterocycles. The molecule has 1 aromatic heterocycles. The summed E-state index contributed by atoms with van der Waals surface area (Å²) in [5.41, 5.74) is 9.25. The minimum atomic E-state index is -4.41. The average Bonchev–Trinajstić information content (AvgIpc) is 3.18. The summed E-state index contributed by atoms with van der Waals surface area (Å²) < 4.78 is 46.8. The fraction of sp³-hybridized carbons (Fsp3) is 0.595. The maximum absolute atomic E-state index is 14.8. The molecule has 0 radical (unpaired) electrons. The van der Waals surface area contributed by atoms with Crippen molar-refractivity contribution in [2.75, 3.05) is 13.1 Å². The molecule has 3 rings (SSSR count). The van der Waals surface area contributed by atoms with Crippen molar-refractivity contribution >= 4 is 17.8 Å². The van der Waals surface area contributed by atoms with Crippen molar-refractivity contribution in [3.8, 4) is 0 Å². The van der Waals surface area contributed by atoms with Gasteiger partial charge in [-0.3, -0.25) is 0 Å². The van der Waals surface area contributed by atoms with Crippen molar-refractivity contribution in [1.29, 1.82) is 0 Å². The topological polar surface area (TPSA) is 17.0 Å². The second kappa shape index (κ2) is 21.6. The Labute approximate surface area is 294 Å². The Hall–Kier alpha value is -2.40. The minimum absolute atomic E-state index is 0.334. The summed E-state index contributed by atoms with van der Waals surface area (Å²) in [6.45, 7) is 13.4. The highest BCUT2D eigenvalue weighted by molar-refractivity contribution is 8.05. The number of alkyl halides is 3. The summed E-state index contributed by atoms with van der Waals surface area (Å²) in [5.74, 6) is 0. The normalized spacial score (nSPS) is 15.4. The predicted molar refractivity (Wildman–Crippen MR) is 203 cm³/mol. The Bertz CT molecular complexity index is 1380. The van der Waals surface area contributed by atoms with E-state index in [1.807, 2.05) is 30.6 Å². The number of thioether (sulfide) groups is 1. The van der Waals surface area contributed by atoms with E-state index in [1.54, 1.807) is 11.8 Å². The van der Waals surface area contributed by atoms with Gasteiger partial charge in [-0.15, -0.1) is 5.73 Å². The van der Waals surface area contributed by atoms with Crippen LogP contribution in [0.15, 0.2) is 68.7 Å². The van der Waals surface area contributed by atoms with Gasteiger partial charge in [0.25, 0.3) is 0 Å². The van der Waals surface area contributed by atoms with Gasteiger partial charge in [0.15, 0.2) is 0 Å². The molecule has 0 unspecified atom stereocenters. The van der Waals surface area contributed by atoms with Crippen LogP contribution in [0.3, 0.4) is 0 Å². The van der Waals surface area contributed by atoms with Gasteiger partial charge in [-0.05, 0) is 123 Å². The molecule has 0 spiro atoms. The van der Waals surface area contributed by atoms with Crippen LogP contribution in [-0.2, 0) is 19.4 Å². The highest BCUT2D eigenvalue weighted by atomic mass is 32.2. The first-order valence-electron chi connectivity index (χ1n) is 18.8. The van der Waals surface area contributed by atoms with E-state index in [4.69, 9.17) is 0 Å². The fourth-order valence-electron chi connectivity index (χ4n) is 6.81. The number of rotatable bonds is 22. The first kappa shape index (κ1) is 40.0. The number of allylic oxidation sites excluding steroid dienone is 9. The molecule has 0 amide bonds. The van der Waals surface area contributed by atoms with Gasteiger partial charge in [-0.2, -0.15) is 13.2 Å². The smallest absolute Gasteiger partial charge is 0.345 e. The van der Waals surface area contributed by atoms with Crippen LogP contribution >= 0.6 is 11.8 Å². The van der Waals surface area contributed by atoms with Crippen molar-refractivity contribution in [2.45, 2.75) is 150 Å². The minimum Gasteiger partial charge on any atom is -0.345 e. The molecule has 0 saturated heterocycles. The van der Waals surface area contributed by atoms with E-state index in [9.17, 15) is 13.2 Å². The fourth-order valence-corrected chi connectivity index (χ4v) is 7.48. The molecule has 0 bridgehead atoms. The molecule has 1 aliphatic carbocycles. The van der Waals surface area contributed by atoms with E-state index in [-0.39, 0.29) is 0 Å². The van der Waals surface area contributed by atoms with E-state index in [2.05, 4.69) is 55.5 Å². The van der Waals surface area contributed by atoms with Crippen molar-refractivity contribution < 1.29 is 13.2 Å². The zero-order valence-electron chi connectivity index (χ0n) is 30.5. The zero-order valence-corrected chi connectivity index (χ0v) is 31.3. The average molecular weight is 683 g/mol. The van der Waals surface area contributed by atoms with E-state index >= 15 is 0 Å². The quantitative estimate of drug-likeness (QED) is 0.0745. The Balaban J connectivity index is 1.61. The first-order chi connectivity index (χ1) is 23.2. The maximum atomic E-state index is 14.8. The summed E-state index contributed by atoms with van der Waals surface area (Å²) in [6.07, 6.45) is 23.4. The summed E-state index contributed by atoms with van der Waals surface area (Å²) in [7, 11) is 0. The highest BCUT2D eigenvalue weighted by Gasteiger charge is 2.38. The number of hydrogen-bond acceptors (Lipinski definition) is 2. The Morgan fingerprint density at radius 2 is 1.67 bits per heavy atom. The first-order valence-corrected chi connectivity index (χ1v) is 19.6. The number of nitrogens with zero attached hydrogens (tertiary/aromatic N) is 1.